The van der Waals surface area contributed by atoms with E-state index in [1.165, 1.54) is 17.3 Å². The predicted octanol–water partition coefficient (Wildman–Crippen LogP) is 4.03. The van der Waals surface area contributed by atoms with Crippen LogP contribution in [-0.4, -0.2) is 60.7 Å². The van der Waals surface area contributed by atoms with Crippen LogP contribution in [0.25, 0.3) is 0 Å². The average Bonchev–Trinajstić information content (AvgIpc) is 3.10. The number of hydrogen-bond acceptors (Lipinski definition) is 7. The van der Waals surface area contributed by atoms with Crippen molar-refractivity contribution in [2.75, 3.05) is 50.5 Å². The Morgan fingerprint density at radius 2 is 1.97 bits per heavy atom. The molecule has 0 aliphatic carbocycles. The third-order valence-corrected chi connectivity index (χ3v) is 6.27. The molecule has 9 heteroatoms. The number of nitrogens with zero attached hydrogens (tertiary/aromatic N) is 3. The minimum Gasteiger partial charge on any atom is -0.383 e. The van der Waals surface area contributed by atoms with Crippen molar-refractivity contribution in [1.82, 2.24) is 20.2 Å². The normalized spacial score (nSPS) is 13.2. The number of anilines is 4. The number of methoxy groups -OCH3 is 1. The maximum atomic E-state index is 12.5. The number of benzene rings is 2. The van der Waals surface area contributed by atoms with Gasteiger partial charge in [-0.25, -0.2) is 4.98 Å². The van der Waals surface area contributed by atoms with Crippen LogP contribution in [0, 0.1) is 12.3 Å². The van der Waals surface area contributed by atoms with E-state index in [0.717, 1.165) is 44.8 Å². The number of para-hydroxylation sites is 1. The molecule has 36 heavy (non-hydrogen) atoms. The fourth-order valence-electron chi connectivity index (χ4n) is 4.08. The van der Waals surface area contributed by atoms with Gasteiger partial charge in [0.2, 0.25) is 5.95 Å². The van der Waals surface area contributed by atoms with E-state index in [4.69, 9.17) is 22.8 Å². The van der Waals surface area contributed by atoms with Gasteiger partial charge in [0.25, 0.3) is 5.91 Å². The second kappa shape index (κ2) is 12.4. The highest BCUT2D eigenvalue weighted by molar-refractivity contribution is 6.33. The van der Waals surface area contributed by atoms with E-state index in [2.05, 4.69) is 48.9 Å². The van der Waals surface area contributed by atoms with Crippen molar-refractivity contribution in [2.24, 2.45) is 0 Å². The summed E-state index contributed by atoms with van der Waals surface area (Å²) >= 11 is 6.37. The second-order valence-electron chi connectivity index (χ2n) is 8.39. The Labute approximate surface area is 216 Å². The van der Waals surface area contributed by atoms with Gasteiger partial charge in [0, 0.05) is 32.4 Å². The number of halogens is 1. The van der Waals surface area contributed by atoms with Gasteiger partial charge in [-0.15, -0.1) is 6.42 Å². The molecule has 0 saturated heterocycles. The highest BCUT2D eigenvalue weighted by Gasteiger charge is 2.16. The third-order valence-electron chi connectivity index (χ3n) is 5.99. The Kier molecular flexibility index (Phi) is 8.74. The first kappa shape index (κ1) is 25.5. The Morgan fingerprint density at radius 3 is 2.78 bits per heavy atom. The molecule has 0 bridgehead atoms. The first-order valence-electron chi connectivity index (χ1n) is 11.8. The number of terminal acetylenes is 1. The number of hydrogen-bond donors (Lipinski definition) is 3. The molecule has 1 aromatic heterocycles. The summed E-state index contributed by atoms with van der Waals surface area (Å²) < 4.78 is 5.23. The molecule has 2 aromatic carbocycles. The zero-order chi connectivity index (χ0) is 25.3. The number of rotatable bonds is 9. The van der Waals surface area contributed by atoms with Crippen molar-refractivity contribution in [3.8, 4) is 12.3 Å². The largest absolute Gasteiger partial charge is 0.383 e. The molecule has 0 fully saturated rings. The fraction of sp³-hybridized carbons (Fsp3) is 0.296. The smallest absolute Gasteiger partial charge is 0.254 e. The summed E-state index contributed by atoms with van der Waals surface area (Å²) in [6.07, 6.45) is 8.77. The lowest BCUT2D eigenvalue weighted by Crippen LogP contribution is -2.29. The Morgan fingerprint density at radius 1 is 1.17 bits per heavy atom. The fourth-order valence-corrected chi connectivity index (χ4v) is 4.22. The van der Waals surface area contributed by atoms with Gasteiger partial charge in [-0.1, -0.05) is 35.7 Å². The summed E-state index contributed by atoms with van der Waals surface area (Å²) in [5, 5.41) is 9.44. The number of nitrogens with one attached hydrogen (secondary N) is 3. The van der Waals surface area contributed by atoms with E-state index in [1.54, 1.807) is 25.3 Å². The van der Waals surface area contributed by atoms with Crippen molar-refractivity contribution in [3.05, 3.63) is 70.4 Å². The molecule has 0 atom stereocenters. The number of ether oxygens (including phenoxy) is 1. The van der Waals surface area contributed by atoms with Crippen LogP contribution < -0.4 is 16.0 Å². The standard InChI is InChI=1S/C27H29ClN6O2/c1-3-12-29-26(35)22-6-4-5-7-24(22)32-25-23(28)18-30-27(33-25)31-21-9-8-19-10-13-34(15-16-36-2)14-11-20(19)17-21/h1,4-9,17-18H,10-16H2,2H3,(H,29,35)(H2,30,31,32,33). The SMILES string of the molecule is C#CCNC(=O)c1ccccc1Nc1nc(Nc2ccc3c(c2)CCN(CCOC)CC3)ncc1Cl. The van der Waals surface area contributed by atoms with Crippen LogP contribution >= 0.6 is 11.6 Å². The molecular weight excluding hydrogens is 476 g/mol. The number of fused-ring (bicyclic) bond motifs is 1. The molecule has 3 aromatic rings. The van der Waals surface area contributed by atoms with Gasteiger partial charge in [0.15, 0.2) is 5.82 Å². The number of carbonyl (C=O) groups excluding carboxylic acids is 1. The number of aromatic nitrogens is 2. The Balaban J connectivity index is 1.49. The molecule has 1 aliphatic rings. The lowest BCUT2D eigenvalue weighted by molar-refractivity contribution is 0.0959. The van der Waals surface area contributed by atoms with Crippen molar-refractivity contribution >= 4 is 40.6 Å². The van der Waals surface area contributed by atoms with Crippen LogP contribution in [0.3, 0.4) is 0 Å². The molecule has 0 saturated carbocycles. The van der Waals surface area contributed by atoms with E-state index in [-0.39, 0.29) is 12.5 Å². The lowest BCUT2D eigenvalue weighted by Gasteiger charge is -2.18. The monoisotopic (exact) mass is 504 g/mol. The summed E-state index contributed by atoms with van der Waals surface area (Å²) in [6.45, 7) is 3.86. The van der Waals surface area contributed by atoms with Crippen LogP contribution in [0.4, 0.5) is 23.1 Å². The first-order chi connectivity index (χ1) is 17.6. The quantitative estimate of drug-likeness (QED) is 0.379. The van der Waals surface area contributed by atoms with Crippen molar-refractivity contribution < 1.29 is 9.53 Å². The van der Waals surface area contributed by atoms with Gasteiger partial charge in [0.1, 0.15) is 5.02 Å². The van der Waals surface area contributed by atoms with Crippen LogP contribution in [-0.2, 0) is 17.6 Å². The molecule has 186 valence electrons. The topological polar surface area (TPSA) is 91.4 Å². The summed E-state index contributed by atoms with van der Waals surface area (Å²) in [5.74, 6) is 2.89. The molecule has 4 rings (SSSR count). The van der Waals surface area contributed by atoms with Crippen molar-refractivity contribution in [1.29, 1.82) is 0 Å². The van der Waals surface area contributed by atoms with Gasteiger partial charge in [-0.2, -0.15) is 4.98 Å². The number of amides is 1. The van der Waals surface area contributed by atoms with Gasteiger partial charge in [-0.05, 0) is 48.2 Å². The molecule has 0 unspecified atom stereocenters. The highest BCUT2D eigenvalue weighted by Crippen LogP contribution is 2.28. The van der Waals surface area contributed by atoms with E-state index in [9.17, 15) is 4.79 Å². The summed E-state index contributed by atoms with van der Waals surface area (Å²) in [4.78, 5) is 23.8. The Hall–Kier alpha value is -3.64. The zero-order valence-electron chi connectivity index (χ0n) is 20.2. The van der Waals surface area contributed by atoms with Gasteiger partial charge < -0.3 is 25.6 Å². The molecule has 1 amide bonds. The van der Waals surface area contributed by atoms with Crippen LogP contribution in [0.5, 0.6) is 0 Å². The zero-order valence-corrected chi connectivity index (χ0v) is 20.9. The second-order valence-corrected chi connectivity index (χ2v) is 8.80. The van der Waals surface area contributed by atoms with Crippen molar-refractivity contribution in [3.63, 3.8) is 0 Å². The molecular formula is C27H29ClN6O2. The van der Waals surface area contributed by atoms with Gasteiger partial charge in [0.05, 0.1) is 30.6 Å². The summed E-state index contributed by atoms with van der Waals surface area (Å²) in [6, 6.07) is 13.4. The number of carbonyl (C=O) groups is 1. The van der Waals surface area contributed by atoms with Crippen LogP contribution in [0.15, 0.2) is 48.7 Å². The summed E-state index contributed by atoms with van der Waals surface area (Å²) in [7, 11) is 1.74. The average molecular weight is 505 g/mol. The third kappa shape index (κ3) is 6.52. The first-order valence-corrected chi connectivity index (χ1v) is 12.2. The van der Waals surface area contributed by atoms with E-state index >= 15 is 0 Å². The minimum atomic E-state index is -0.287. The molecule has 1 aliphatic heterocycles. The molecule has 3 N–H and O–H groups in total. The van der Waals surface area contributed by atoms with Gasteiger partial charge >= 0.3 is 0 Å². The minimum absolute atomic E-state index is 0.140. The Bertz CT molecular complexity index is 1260. The van der Waals surface area contributed by atoms with Crippen molar-refractivity contribution in [2.45, 2.75) is 12.8 Å². The van der Waals surface area contributed by atoms with Crippen LogP contribution in [0.1, 0.15) is 21.5 Å². The highest BCUT2D eigenvalue weighted by atomic mass is 35.5. The maximum absolute atomic E-state index is 12.5. The van der Waals surface area contributed by atoms with Gasteiger partial charge in [-0.3, -0.25) is 4.79 Å². The molecule has 2 heterocycles. The van der Waals surface area contributed by atoms with Crippen LogP contribution in [0.2, 0.25) is 5.02 Å². The van der Waals surface area contributed by atoms with E-state index in [1.807, 2.05) is 12.1 Å². The van der Waals surface area contributed by atoms with E-state index in [0.29, 0.717) is 28.0 Å². The molecule has 0 spiro atoms. The lowest BCUT2D eigenvalue weighted by atomic mass is 10.0. The molecule has 0 radical (unpaired) electrons. The maximum Gasteiger partial charge on any atom is 0.254 e. The summed E-state index contributed by atoms with van der Waals surface area (Å²) in [5.41, 5.74) is 4.57. The molecule has 8 nitrogen and oxygen atoms in total. The van der Waals surface area contributed by atoms with E-state index < -0.39 is 0 Å². The predicted molar refractivity (Wildman–Crippen MR) is 143 cm³/mol.